The average Bonchev–Trinajstić information content (AvgIpc) is 2.34. The largest absolute Gasteiger partial charge is 0.384 e. The number of amidine groups is 1. The van der Waals surface area contributed by atoms with Gasteiger partial charge in [0.25, 0.3) is 0 Å². The fourth-order valence-corrected chi connectivity index (χ4v) is 2.84. The highest BCUT2D eigenvalue weighted by Crippen LogP contribution is 2.32. The van der Waals surface area contributed by atoms with Gasteiger partial charge in [-0.05, 0) is 37.3 Å². The van der Waals surface area contributed by atoms with E-state index in [1.807, 2.05) is 18.2 Å². The monoisotopic (exact) mass is 320 g/mol. The summed E-state index contributed by atoms with van der Waals surface area (Å²) in [4.78, 5) is 2.14. The highest BCUT2D eigenvalue weighted by molar-refractivity contribution is 9.10. The third-order valence-electron chi connectivity index (χ3n) is 2.48. The molecular formula is C14H13BrN2S. The Bertz CT molecular complexity index is 579. The zero-order chi connectivity index (χ0) is 13.1. The first-order valence-electron chi connectivity index (χ1n) is 5.45. The summed E-state index contributed by atoms with van der Waals surface area (Å²) in [6, 6.07) is 14.1. The molecule has 2 nitrogen and oxygen atoms in total. The van der Waals surface area contributed by atoms with Gasteiger partial charge in [-0.15, -0.1) is 0 Å². The van der Waals surface area contributed by atoms with Crippen LogP contribution in [0.15, 0.2) is 56.7 Å². The molecule has 0 unspecified atom stereocenters. The van der Waals surface area contributed by atoms with E-state index in [4.69, 9.17) is 11.1 Å². The lowest BCUT2D eigenvalue weighted by Crippen LogP contribution is -2.12. The van der Waals surface area contributed by atoms with Gasteiger partial charge in [0.15, 0.2) is 0 Å². The normalized spacial score (nSPS) is 10.3. The maximum absolute atomic E-state index is 7.62. The molecule has 18 heavy (non-hydrogen) atoms. The molecule has 0 saturated carbocycles. The van der Waals surface area contributed by atoms with Gasteiger partial charge in [-0.25, -0.2) is 0 Å². The maximum Gasteiger partial charge on any atom is 0.123 e. The fraction of sp³-hybridized carbons (Fsp3) is 0.0714. The lowest BCUT2D eigenvalue weighted by atomic mass is 10.2. The van der Waals surface area contributed by atoms with Gasteiger partial charge in [0.05, 0.1) is 0 Å². The Morgan fingerprint density at radius 2 is 1.83 bits per heavy atom. The van der Waals surface area contributed by atoms with E-state index in [1.54, 1.807) is 11.8 Å². The summed E-state index contributed by atoms with van der Waals surface area (Å²) in [6.07, 6.45) is 0. The Morgan fingerprint density at radius 1 is 1.17 bits per heavy atom. The van der Waals surface area contributed by atoms with E-state index in [1.165, 1.54) is 5.56 Å². The number of aryl methyl sites for hydroxylation is 1. The van der Waals surface area contributed by atoms with Gasteiger partial charge in [-0.3, -0.25) is 5.41 Å². The molecule has 3 N–H and O–H groups in total. The first-order valence-corrected chi connectivity index (χ1v) is 7.05. The van der Waals surface area contributed by atoms with E-state index < -0.39 is 0 Å². The Balaban J connectivity index is 2.34. The van der Waals surface area contributed by atoms with Crippen LogP contribution in [-0.2, 0) is 0 Å². The number of nitrogen functional groups attached to an aromatic ring is 1. The zero-order valence-corrected chi connectivity index (χ0v) is 12.3. The lowest BCUT2D eigenvalue weighted by Gasteiger charge is -2.08. The van der Waals surface area contributed by atoms with Crippen LogP contribution in [0.5, 0.6) is 0 Å². The van der Waals surface area contributed by atoms with Crippen LogP contribution >= 0.6 is 27.7 Å². The highest BCUT2D eigenvalue weighted by Gasteiger charge is 2.07. The molecule has 0 aliphatic rings. The second-order valence-electron chi connectivity index (χ2n) is 3.97. The quantitative estimate of drug-likeness (QED) is 0.658. The summed E-state index contributed by atoms with van der Waals surface area (Å²) in [7, 11) is 0. The van der Waals surface area contributed by atoms with Crippen LogP contribution in [0.4, 0.5) is 0 Å². The van der Waals surface area contributed by atoms with Crippen LogP contribution < -0.4 is 5.73 Å². The van der Waals surface area contributed by atoms with E-state index in [2.05, 4.69) is 47.1 Å². The van der Waals surface area contributed by atoms with Crippen molar-refractivity contribution >= 4 is 33.5 Å². The summed E-state index contributed by atoms with van der Waals surface area (Å²) in [5.41, 5.74) is 7.61. The maximum atomic E-state index is 7.62. The van der Waals surface area contributed by atoms with Crippen LogP contribution in [0.3, 0.4) is 0 Å². The molecular weight excluding hydrogens is 308 g/mol. The SMILES string of the molecule is Cc1ccc(Sc2ccc(Br)cc2C(=N)N)cc1. The van der Waals surface area contributed by atoms with Gasteiger partial charge in [0.2, 0.25) is 0 Å². The van der Waals surface area contributed by atoms with Crippen LogP contribution in [0.2, 0.25) is 0 Å². The summed E-state index contributed by atoms with van der Waals surface area (Å²) < 4.78 is 0.931. The molecule has 0 heterocycles. The molecule has 0 aromatic heterocycles. The van der Waals surface area contributed by atoms with E-state index in [9.17, 15) is 0 Å². The average molecular weight is 321 g/mol. The standard InChI is InChI=1S/C14H13BrN2S/c1-9-2-5-11(6-3-9)18-13-7-4-10(15)8-12(13)14(16)17/h2-8H,1H3,(H3,16,17). The van der Waals surface area contributed by atoms with E-state index >= 15 is 0 Å². The molecule has 2 aromatic rings. The smallest absolute Gasteiger partial charge is 0.123 e. The topological polar surface area (TPSA) is 49.9 Å². The van der Waals surface area contributed by atoms with Gasteiger partial charge in [-0.1, -0.05) is 45.4 Å². The highest BCUT2D eigenvalue weighted by atomic mass is 79.9. The third kappa shape index (κ3) is 3.15. The number of benzene rings is 2. The molecule has 0 saturated heterocycles. The Morgan fingerprint density at radius 3 is 2.44 bits per heavy atom. The first-order chi connectivity index (χ1) is 8.56. The number of hydrogen-bond acceptors (Lipinski definition) is 2. The van der Waals surface area contributed by atoms with Crippen molar-refractivity contribution < 1.29 is 0 Å². The van der Waals surface area contributed by atoms with Gasteiger partial charge in [0.1, 0.15) is 5.84 Å². The summed E-state index contributed by atoms with van der Waals surface area (Å²) >= 11 is 5.02. The van der Waals surface area contributed by atoms with Gasteiger partial charge in [0, 0.05) is 19.8 Å². The van der Waals surface area contributed by atoms with Crippen LogP contribution in [0, 0.1) is 12.3 Å². The van der Waals surface area contributed by atoms with Gasteiger partial charge >= 0.3 is 0 Å². The Hall–Kier alpha value is -1.26. The molecule has 0 amide bonds. The molecule has 0 atom stereocenters. The summed E-state index contributed by atoms with van der Waals surface area (Å²) in [5.74, 6) is 0.0888. The van der Waals surface area contributed by atoms with Crippen molar-refractivity contribution in [2.75, 3.05) is 0 Å². The minimum atomic E-state index is 0.0888. The Labute approximate surface area is 119 Å². The molecule has 0 fully saturated rings. The van der Waals surface area contributed by atoms with Crippen molar-refractivity contribution in [2.24, 2.45) is 5.73 Å². The summed E-state index contributed by atoms with van der Waals surface area (Å²) in [5, 5.41) is 7.62. The molecule has 92 valence electrons. The van der Waals surface area contributed by atoms with Gasteiger partial charge < -0.3 is 5.73 Å². The number of nitrogens with one attached hydrogen (secondary N) is 1. The molecule has 0 aliphatic carbocycles. The number of halogens is 1. The van der Waals surface area contributed by atoms with E-state index in [0.29, 0.717) is 0 Å². The van der Waals surface area contributed by atoms with Crippen molar-refractivity contribution in [1.82, 2.24) is 0 Å². The van der Waals surface area contributed by atoms with Gasteiger partial charge in [-0.2, -0.15) is 0 Å². The third-order valence-corrected chi connectivity index (χ3v) is 4.06. The van der Waals surface area contributed by atoms with Crippen molar-refractivity contribution in [3.8, 4) is 0 Å². The fourth-order valence-electron chi connectivity index (χ4n) is 1.53. The molecule has 0 radical (unpaired) electrons. The molecule has 2 rings (SSSR count). The van der Waals surface area contributed by atoms with Crippen molar-refractivity contribution in [3.63, 3.8) is 0 Å². The van der Waals surface area contributed by atoms with E-state index in [-0.39, 0.29) is 5.84 Å². The molecule has 0 bridgehead atoms. The zero-order valence-electron chi connectivity index (χ0n) is 9.91. The molecule has 0 spiro atoms. The molecule has 2 aromatic carbocycles. The second kappa shape index (κ2) is 5.59. The minimum absolute atomic E-state index is 0.0888. The van der Waals surface area contributed by atoms with Crippen LogP contribution in [0.1, 0.15) is 11.1 Å². The lowest BCUT2D eigenvalue weighted by molar-refractivity contribution is 1.31. The Kier molecular flexibility index (Phi) is 4.09. The number of rotatable bonds is 3. The summed E-state index contributed by atoms with van der Waals surface area (Å²) in [6.45, 7) is 2.06. The predicted molar refractivity (Wildman–Crippen MR) is 80.5 cm³/mol. The predicted octanol–water partition coefficient (Wildman–Crippen LogP) is 4.19. The van der Waals surface area contributed by atoms with Crippen molar-refractivity contribution in [2.45, 2.75) is 16.7 Å². The van der Waals surface area contributed by atoms with E-state index in [0.717, 1.165) is 19.8 Å². The second-order valence-corrected chi connectivity index (χ2v) is 6.00. The van der Waals surface area contributed by atoms with Crippen LogP contribution in [0.25, 0.3) is 0 Å². The van der Waals surface area contributed by atoms with Crippen LogP contribution in [-0.4, -0.2) is 5.84 Å². The first kappa shape index (κ1) is 13.2. The molecule has 0 aliphatic heterocycles. The van der Waals surface area contributed by atoms with Crippen molar-refractivity contribution in [1.29, 1.82) is 5.41 Å². The minimum Gasteiger partial charge on any atom is -0.384 e. The van der Waals surface area contributed by atoms with Crippen molar-refractivity contribution in [3.05, 3.63) is 58.1 Å². The molecule has 4 heteroatoms. The number of nitrogens with two attached hydrogens (primary N) is 1. The number of hydrogen-bond donors (Lipinski definition) is 2.